The molecule has 0 spiro atoms. The third-order valence-electron chi connectivity index (χ3n) is 4.17. The van der Waals surface area contributed by atoms with E-state index < -0.39 is 5.97 Å². The zero-order valence-electron chi connectivity index (χ0n) is 14.5. The first-order valence-corrected chi connectivity index (χ1v) is 8.18. The van der Waals surface area contributed by atoms with Crippen molar-refractivity contribution < 1.29 is 18.7 Å². The van der Waals surface area contributed by atoms with Gasteiger partial charge in [-0.15, -0.1) is 0 Å². The number of hydrogen-bond donors (Lipinski definition) is 0. The first-order chi connectivity index (χ1) is 12.5. The van der Waals surface area contributed by atoms with Crippen molar-refractivity contribution in [3.8, 4) is 5.69 Å². The van der Waals surface area contributed by atoms with E-state index in [2.05, 4.69) is 0 Å². The van der Waals surface area contributed by atoms with Gasteiger partial charge in [-0.3, -0.25) is 4.79 Å². The van der Waals surface area contributed by atoms with E-state index in [0.717, 1.165) is 5.69 Å². The largest absolute Gasteiger partial charge is 0.454 e. The first kappa shape index (κ1) is 17.6. The Hall–Kier alpha value is -3.21. The maximum Gasteiger partial charge on any atom is 0.338 e. The summed E-state index contributed by atoms with van der Waals surface area (Å²) in [5.41, 5.74) is 2.50. The molecule has 132 valence electrons. The molecule has 0 saturated heterocycles. The smallest absolute Gasteiger partial charge is 0.338 e. The van der Waals surface area contributed by atoms with Crippen LogP contribution in [-0.2, 0) is 4.74 Å². The summed E-state index contributed by atoms with van der Waals surface area (Å²) >= 11 is 0. The summed E-state index contributed by atoms with van der Waals surface area (Å²) < 4.78 is 20.9. The Morgan fingerprint density at radius 3 is 2.35 bits per heavy atom. The molecule has 26 heavy (non-hydrogen) atoms. The van der Waals surface area contributed by atoms with E-state index in [1.165, 1.54) is 6.07 Å². The number of para-hydroxylation sites is 1. The quantitative estimate of drug-likeness (QED) is 0.509. The summed E-state index contributed by atoms with van der Waals surface area (Å²) in [6.07, 6.45) is 0. The van der Waals surface area contributed by atoms with Gasteiger partial charge in [0.05, 0.1) is 11.3 Å². The molecule has 1 heterocycles. The molecule has 2 aromatic carbocycles. The van der Waals surface area contributed by atoms with Crippen LogP contribution in [0, 0.1) is 19.7 Å². The molecular formula is C21H18FNO3. The molecule has 0 radical (unpaired) electrons. The van der Waals surface area contributed by atoms with Crippen molar-refractivity contribution in [3.05, 3.63) is 89.0 Å². The third kappa shape index (κ3) is 3.42. The predicted molar refractivity (Wildman–Crippen MR) is 96.3 cm³/mol. The predicted octanol–water partition coefficient (Wildman–Crippen LogP) is 4.27. The van der Waals surface area contributed by atoms with E-state index in [1.54, 1.807) is 73.0 Å². The van der Waals surface area contributed by atoms with E-state index in [-0.39, 0.29) is 18.2 Å². The van der Waals surface area contributed by atoms with Gasteiger partial charge in [-0.05, 0) is 44.2 Å². The number of ketones is 1. The van der Waals surface area contributed by atoms with Gasteiger partial charge in [0.1, 0.15) is 5.82 Å². The monoisotopic (exact) mass is 351 g/mol. The molecule has 0 aliphatic heterocycles. The molecule has 0 saturated carbocycles. The van der Waals surface area contributed by atoms with Crippen molar-refractivity contribution in [2.24, 2.45) is 0 Å². The van der Waals surface area contributed by atoms with E-state index >= 15 is 0 Å². The van der Waals surface area contributed by atoms with Gasteiger partial charge >= 0.3 is 5.97 Å². The van der Waals surface area contributed by atoms with Gasteiger partial charge in [0.25, 0.3) is 0 Å². The average molecular weight is 351 g/mol. The third-order valence-corrected chi connectivity index (χ3v) is 4.17. The molecule has 3 rings (SSSR count). The zero-order chi connectivity index (χ0) is 18.7. The van der Waals surface area contributed by atoms with Crippen LogP contribution in [-0.4, -0.2) is 22.9 Å². The fraction of sp³-hybridized carbons (Fsp3) is 0.143. The lowest BCUT2D eigenvalue weighted by atomic mass is 10.1. The fourth-order valence-corrected chi connectivity index (χ4v) is 2.92. The summed E-state index contributed by atoms with van der Waals surface area (Å²) in [6, 6.07) is 16.5. The van der Waals surface area contributed by atoms with Crippen LogP contribution in [0.2, 0.25) is 0 Å². The lowest BCUT2D eigenvalue weighted by Crippen LogP contribution is -2.15. The summed E-state index contributed by atoms with van der Waals surface area (Å²) in [6.45, 7) is 3.17. The first-order valence-electron chi connectivity index (χ1n) is 8.18. The number of aryl methyl sites for hydroxylation is 1. The van der Waals surface area contributed by atoms with Gasteiger partial charge < -0.3 is 9.30 Å². The molecular weight excluding hydrogens is 333 g/mol. The second-order valence-corrected chi connectivity index (χ2v) is 5.94. The molecule has 0 bridgehead atoms. The number of esters is 1. The molecule has 0 fully saturated rings. The normalized spacial score (nSPS) is 10.6. The molecule has 0 N–H and O–H groups in total. The number of Topliss-reactive ketones (excluding diaryl/α,β-unsaturated/α-hetero) is 1. The lowest BCUT2D eigenvalue weighted by Gasteiger charge is -2.11. The number of ether oxygens (including phenoxy) is 1. The number of carbonyl (C=O) groups excluding carboxylic acids is 2. The maximum absolute atomic E-state index is 14.1. The average Bonchev–Trinajstić information content (AvgIpc) is 2.95. The minimum absolute atomic E-state index is 0.329. The van der Waals surface area contributed by atoms with Gasteiger partial charge in [-0.2, -0.15) is 0 Å². The van der Waals surface area contributed by atoms with Crippen LogP contribution in [0.5, 0.6) is 0 Å². The summed E-state index contributed by atoms with van der Waals surface area (Å²) in [7, 11) is 0. The molecule has 0 atom stereocenters. The summed E-state index contributed by atoms with van der Waals surface area (Å²) in [5.74, 6) is -1.25. The standard InChI is InChI=1S/C21H18FNO3/c1-14-12-17(15(2)23(14)19-11-7-6-10-18(19)22)20(24)13-26-21(25)16-8-4-3-5-9-16/h3-12H,13H2,1-2H3. The molecule has 4 nitrogen and oxygen atoms in total. The highest BCUT2D eigenvalue weighted by Gasteiger charge is 2.19. The molecule has 0 unspecified atom stereocenters. The van der Waals surface area contributed by atoms with Crippen molar-refractivity contribution >= 4 is 11.8 Å². The lowest BCUT2D eigenvalue weighted by molar-refractivity contribution is 0.0474. The van der Waals surface area contributed by atoms with Crippen LogP contribution >= 0.6 is 0 Å². The maximum atomic E-state index is 14.1. The fourth-order valence-electron chi connectivity index (χ4n) is 2.92. The van der Waals surface area contributed by atoms with E-state index in [1.807, 2.05) is 0 Å². The molecule has 0 aliphatic rings. The molecule has 0 amide bonds. The highest BCUT2D eigenvalue weighted by Crippen LogP contribution is 2.23. The number of nitrogens with zero attached hydrogens (tertiary/aromatic N) is 1. The van der Waals surface area contributed by atoms with Crippen molar-refractivity contribution in [2.75, 3.05) is 6.61 Å². The minimum Gasteiger partial charge on any atom is -0.454 e. The Bertz CT molecular complexity index is 961. The second kappa shape index (κ2) is 7.35. The van der Waals surface area contributed by atoms with Crippen LogP contribution in [0.15, 0.2) is 60.7 Å². The molecule has 3 aromatic rings. The Kier molecular flexibility index (Phi) is 4.98. The number of carbonyl (C=O) groups is 2. The van der Waals surface area contributed by atoms with E-state index in [9.17, 15) is 14.0 Å². The van der Waals surface area contributed by atoms with E-state index in [0.29, 0.717) is 22.5 Å². The van der Waals surface area contributed by atoms with Gasteiger partial charge in [-0.25, -0.2) is 9.18 Å². The van der Waals surface area contributed by atoms with Crippen molar-refractivity contribution in [3.63, 3.8) is 0 Å². The minimum atomic E-state index is -0.554. The number of rotatable bonds is 5. The number of benzene rings is 2. The van der Waals surface area contributed by atoms with Crippen molar-refractivity contribution in [2.45, 2.75) is 13.8 Å². The van der Waals surface area contributed by atoms with Gasteiger partial charge in [0, 0.05) is 17.0 Å². The zero-order valence-corrected chi connectivity index (χ0v) is 14.5. The molecule has 0 aliphatic carbocycles. The van der Waals surface area contributed by atoms with Gasteiger partial charge in [-0.1, -0.05) is 30.3 Å². The van der Waals surface area contributed by atoms with Gasteiger partial charge in [0.15, 0.2) is 6.61 Å². The highest BCUT2D eigenvalue weighted by molar-refractivity contribution is 6.00. The van der Waals surface area contributed by atoms with Crippen LogP contribution in [0.3, 0.4) is 0 Å². The van der Waals surface area contributed by atoms with Gasteiger partial charge in [0.2, 0.25) is 5.78 Å². The highest BCUT2D eigenvalue weighted by atomic mass is 19.1. The Labute approximate surface area is 150 Å². The van der Waals surface area contributed by atoms with Crippen LogP contribution in [0.1, 0.15) is 32.1 Å². The van der Waals surface area contributed by atoms with Crippen LogP contribution in [0.4, 0.5) is 4.39 Å². The number of aromatic nitrogens is 1. The molecule has 5 heteroatoms. The SMILES string of the molecule is Cc1cc(C(=O)COC(=O)c2ccccc2)c(C)n1-c1ccccc1F. The summed E-state index contributed by atoms with van der Waals surface area (Å²) in [4.78, 5) is 24.5. The molecule has 1 aromatic heterocycles. The van der Waals surface area contributed by atoms with Crippen molar-refractivity contribution in [1.82, 2.24) is 4.57 Å². The van der Waals surface area contributed by atoms with Crippen LogP contribution < -0.4 is 0 Å². The Morgan fingerprint density at radius 2 is 1.65 bits per heavy atom. The Balaban J connectivity index is 1.80. The number of halogens is 1. The second-order valence-electron chi connectivity index (χ2n) is 5.94. The van der Waals surface area contributed by atoms with Crippen molar-refractivity contribution in [1.29, 1.82) is 0 Å². The summed E-state index contributed by atoms with van der Waals surface area (Å²) in [5, 5.41) is 0. The topological polar surface area (TPSA) is 48.3 Å². The van der Waals surface area contributed by atoms with E-state index in [4.69, 9.17) is 4.74 Å². The van der Waals surface area contributed by atoms with Crippen LogP contribution in [0.25, 0.3) is 5.69 Å². The Morgan fingerprint density at radius 1 is 1.00 bits per heavy atom. The number of hydrogen-bond acceptors (Lipinski definition) is 3.